The molecule has 0 spiro atoms. The highest BCUT2D eigenvalue weighted by molar-refractivity contribution is 7.16. The maximum atomic E-state index is 12.5. The Labute approximate surface area is 255 Å². The van der Waals surface area contributed by atoms with E-state index in [0.29, 0.717) is 28.2 Å². The van der Waals surface area contributed by atoms with E-state index in [1.165, 1.54) is 28.4 Å². The second-order valence-corrected chi connectivity index (χ2v) is 11.1. The number of nitrogens with one attached hydrogen (secondary N) is 2. The van der Waals surface area contributed by atoms with Crippen LogP contribution in [-0.2, 0) is 0 Å². The van der Waals surface area contributed by atoms with Crippen LogP contribution in [0, 0.1) is 0 Å². The Hall–Kier alpha value is -4.52. The number of carbonyl (C=O) groups excluding carboxylic acids is 2. The second-order valence-electron chi connectivity index (χ2n) is 10.0. The predicted molar refractivity (Wildman–Crippen MR) is 162 cm³/mol. The van der Waals surface area contributed by atoms with Crippen LogP contribution in [0.2, 0.25) is 0 Å². The second kappa shape index (κ2) is 13.0. The molecule has 6 rings (SSSR count). The van der Waals surface area contributed by atoms with Crippen molar-refractivity contribution in [1.82, 2.24) is 20.2 Å². The molecule has 4 aromatic rings. The minimum Gasteiger partial charge on any atom is -0.495 e. The van der Waals surface area contributed by atoms with Gasteiger partial charge in [0.1, 0.15) is 17.6 Å². The van der Waals surface area contributed by atoms with Crippen molar-refractivity contribution in [2.45, 2.75) is 25.7 Å². The number of halogens is 3. The summed E-state index contributed by atoms with van der Waals surface area (Å²) in [6.07, 6.45) is 4.14. The van der Waals surface area contributed by atoms with E-state index < -0.39 is 18.0 Å². The molecule has 1 atom stereocenters. The Balaban J connectivity index is 0.000000270. The molecule has 3 N–H and O–H groups in total. The van der Waals surface area contributed by atoms with E-state index in [0.717, 1.165) is 33.1 Å². The molecule has 1 aliphatic carbocycles. The first-order valence-corrected chi connectivity index (χ1v) is 14.5. The maximum Gasteiger partial charge on any atom is 0.416 e. The van der Waals surface area contributed by atoms with Gasteiger partial charge in [0.25, 0.3) is 11.8 Å². The van der Waals surface area contributed by atoms with Gasteiger partial charge in [-0.25, -0.2) is 4.98 Å². The third kappa shape index (κ3) is 6.52. The monoisotopic (exact) mass is 622 g/mol. The van der Waals surface area contributed by atoms with Gasteiger partial charge in [-0.1, -0.05) is 42.0 Å². The van der Waals surface area contributed by atoms with E-state index in [-0.39, 0.29) is 24.9 Å². The van der Waals surface area contributed by atoms with E-state index in [2.05, 4.69) is 15.3 Å². The zero-order chi connectivity index (χ0) is 31.4. The number of pyridine rings is 1. The molecule has 0 radical (unpaired) electrons. The van der Waals surface area contributed by atoms with Crippen molar-refractivity contribution in [1.29, 1.82) is 0 Å². The Bertz CT molecular complexity index is 1750. The molecule has 0 bridgehead atoms. The molecule has 0 saturated carbocycles. The number of ether oxygens (including phenoxy) is 1. The molecule has 0 fully saturated rings. The number of thiophene rings is 1. The predicted octanol–water partition coefficient (Wildman–Crippen LogP) is 6.56. The Kier molecular flexibility index (Phi) is 9.14. The molecule has 2 amide bonds. The lowest BCUT2D eigenvalue weighted by Gasteiger charge is -2.17. The average molecular weight is 623 g/mol. The molecule has 2 aliphatic rings. The molecule has 12 heteroatoms. The Morgan fingerprint density at radius 1 is 1.14 bits per heavy atom. The number of benzene rings is 1. The summed E-state index contributed by atoms with van der Waals surface area (Å²) in [4.78, 5) is 35.1. The number of aromatic nitrogens is 2. The number of hydrogen-bond acceptors (Lipinski definition) is 7. The van der Waals surface area contributed by atoms with E-state index in [1.807, 2.05) is 24.4 Å². The number of aromatic amines is 1. The van der Waals surface area contributed by atoms with Crippen molar-refractivity contribution in [3.8, 4) is 16.2 Å². The summed E-state index contributed by atoms with van der Waals surface area (Å²) in [5, 5.41) is 14.7. The standard InChI is InChI=1S/C23H20N4O4S.C9H9F3/c1-31-17-12-18(13-6-8-24-20-14(13)7-9-25-20)32-19(17)21(28)26-10-11-27-22(29)15-4-2-3-5-16(15)23(27)30;1-7-3-2-4-8(6-5-7)9(10,11)12/h2-9,12,21,26,28H,10-11H2,1H3,(H,24,25);2-4,6H,5H2,1H3. The van der Waals surface area contributed by atoms with Gasteiger partial charge in [0.2, 0.25) is 0 Å². The van der Waals surface area contributed by atoms with Gasteiger partial charge in [0.15, 0.2) is 0 Å². The molecule has 1 aliphatic heterocycles. The number of H-pyrrole nitrogens is 1. The van der Waals surface area contributed by atoms with Gasteiger partial charge < -0.3 is 14.8 Å². The normalized spacial score (nSPS) is 15.4. The first-order chi connectivity index (χ1) is 21.1. The van der Waals surface area contributed by atoms with Crippen LogP contribution in [0.3, 0.4) is 0 Å². The third-order valence-corrected chi connectivity index (χ3v) is 8.30. The minimum atomic E-state index is -4.21. The number of amides is 2. The van der Waals surface area contributed by atoms with E-state index in [9.17, 15) is 27.9 Å². The van der Waals surface area contributed by atoms with Gasteiger partial charge in [-0.3, -0.25) is 19.8 Å². The van der Waals surface area contributed by atoms with Crippen LogP contribution in [0.5, 0.6) is 5.75 Å². The number of imide groups is 1. The minimum absolute atomic E-state index is 0.151. The molecule has 4 heterocycles. The zero-order valence-electron chi connectivity index (χ0n) is 23.8. The van der Waals surface area contributed by atoms with Crippen molar-refractivity contribution in [3.63, 3.8) is 0 Å². The number of rotatable bonds is 7. The zero-order valence-corrected chi connectivity index (χ0v) is 24.6. The molecule has 3 aromatic heterocycles. The molecule has 44 heavy (non-hydrogen) atoms. The van der Waals surface area contributed by atoms with Gasteiger partial charge in [-0.2, -0.15) is 13.2 Å². The number of fused-ring (bicyclic) bond motifs is 2. The fourth-order valence-electron chi connectivity index (χ4n) is 4.83. The lowest BCUT2D eigenvalue weighted by atomic mass is 10.1. The summed E-state index contributed by atoms with van der Waals surface area (Å²) in [7, 11) is 1.55. The van der Waals surface area contributed by atoms with Gasteiger partial charge in [-0.05, 0) is 43.7 Å². The molecule has 228 valence electrons. The third-order valence-electron chi connectivity index (χ3n) is 7.10. The summed E-state index contributed by atoms with van der Waals surface area (Å²) in [5.41, 5.74) is 2.98. The summed E-state index contributed by atoms with van der Waals surface area (Å²) in [6.45, 7) is 2.19. The van der Waals surface area contributed by atoms with E-state index in [4.69, 9.17) is 4.74 Å². The molecular weight excluding hydrogens is 593 g/mol. The number of nitrogens with zero attached hydrogens (tertiary/aromatic N) is 2. The maximum absolute atomic E-state index is 12.5. The topological polar surface area (TPSA) is 108 Å². The quantitative estimate of drug-likeness (QED) is 0.159. The fraction of sp³-hybridized carbons (Fsp3) is 0.219. The van der Waals surface area contributed by atoms with Crippen molar-refractivity contribution in [2.75, 3.05) is 20.2 Å². The summed E-state index contributed by atoms with van der Waals surface area (Å²) >= 11 is 1.41. The molecule has 1 aromatic carbocycles. The summed E-state index contributed by atoms with van der Waals surface area (Å²) in [5.74, 6) is -0.0663. The number of carbonyl (C=O) groups is 2. The number of methoxy groups -OCH3 is 1. The van der Waals surface area contributed by atoms with Gasteiger partial charge in [-0.15, -0.1) is 11.3 Å². The summed E-state index contributed by atoms with van der Waals surface area (Å²) in [6, 6.07) is 12.5. The van der Waals surface area contributed by atoms with Gasteiger partial charge >= 0.3 is 6.18 Å². The van der Waals surface area contributed by atoms with E-state index in [1.54, 1.807) is 50.6 Å². The number of alkyl halides is 3. The average Bonchev–Trinajstić information content (AvgIpc) is 3.67. The molecule has 0 saturated heterocycles. The van der Waals surface area contributed by atoms with E-state index >= 15 is 0 Å². The largest absolute Gasteiger partial charge is 0.495 e. The van der Waals surface area contributed by atoms with Gasteiger partial charge in [0, 0.05) is 41.3 Å². The van der Waals surface area contributed by atoms with Crippen LogP contribution >= 0.6 is 11.3 Å². The fourth-order valence-corrected chi connectivity index (χ4v) is 5.96. The van der Waals surface area contributed by atoms with Crippen molar-refractivity contribution >= 4 is 34.2 Å². The highest BCUT2D eigenvalue weighted by Gasteiger charge is 2.35. The van der Waals surface area contributed by atoms with Crippen LogP contribution in [-0.4, -0.2) is 58.2 Å². The lowest BCUT2D eigenvalue weighted by molar-refractivity contribution is -0.0883. The van der Waals surface area contributed by atoms with Crippen LogP contribution in [0.25, 0.3) is 21.5 Å². The smallest absolute Gasteiger partial charge is 0.416 e. The van der Waals surface area contributed by atoms with Gasteiger partial charge in [0.05, 0.1) is 28.7 Å². The number of aliphatic hydroxyl groups is 1. The highest BCUT2D eigenvalue weighted by Crippen LogP contribution is 2.41. The lowest BCUT2D eigenvalue weighted by Crippen LogP contribution is -2.37. The van der Waals surface area contributed by atoms with Crippen LogP contribution in [0.1, 0.15) is 45.2 Å². The molecule has 1 unspecified atom stereocenters. The van der Waals surface area contributed by atoms with Crippen molar-refractivity contribution < 1.29 is 32.6 Å². The SMILES string of the molecule is CC1=CC=CC(C(F)(F)F)=CC1.COc1cc(-c2ccnc3[nH]ccc23)sc1C(O)NCCN1C(=O)c2ccccc2C1=O. The van der Waals surface area contributed by atoms with Crippen LogP contribution < -0.4 is 10.1 Å². The van der Waals surface area contributed by atoms with Crippen LogP contribution in [0.15, 0.2) is 90.3 Å². The number of allylic oxidation sites excluding steroid dienone is 6. The highest BCUT2D eigenvalue weighted by atomic mass is 32.1. The van der Waals surface area contributed by atoms with Crippen molar-refractivity contribution in [2.24, 2.45) is 0 Å². The van der Waals surface area contributed by atoms with Crippen molar-refractivity contribution in [3.05, 3.63) is 106 Å². The Morgan fingerprint density at radius 2 is 1.86 bits per heavy atom. The Morgan fingerprint density at radius 3 is 2.55 bits per heavy atom. The first kappa shape index (κ1) is 30.9. The molecule has 8 nitrogen and oxygen atoms in total. The number of hydrogen-bond donors (Lipinski definition) is 3. The first-order valence-electron chi connectivity index (χ1n) is 13.7. The molecular formula is C32H29F3N4O4S. The number of aliphatic hydroxyl groups excluding tert-OH is 1. The summed E-state index contributed by atoms with van der Waals surface area (Å²) < 4.78 is 41.8. The van der Waals surface area contributed by atoms with Crippen LogP contribution in [0.4, 0.5) is 13.2 Å².